The van der Waals surface area contributed by atoms with E-state index in [1.807, 2.05) is 4.72 Å². The number of rotatable bonds is 8. The van der Waals surface area contributed by atoms with Crippen molar-refractivity contribution in [3.05, 3.63) is 62.9 Å². The first-order valence-electron chi connectivity index (χ1n) is 12.2. The van der Waals surface area contributed by atoms with Crippen molar-refractivity contribution in [2.45, 2.75) is 50.7 Å². The summed E-state index contributed by atoms with van der Waals surface area (Å²) in [6.07, 6.45) is 4.43. The highest BCUT2D eigenvalue weighted by Gasteiger charge is 2.33. The highest BCUT2D eigenvalue weighted by atomic mass is 35.5. The zero-order valence-corrected chi connectivity index (χ0v) is 22.0. The maximum atomic E-state index is 15.1. The molecule has 3 aliphatic rings. The monoisotopic (exact) mass is 555 g/mol. The summed E-state index contributed by atoms with van der Waals surface area (Å²) in [4.78, 5) is 14.9. The lowest BCUT2D eigenvalue weighted by Crippen LogP contribution is -2.49. The lowest BCUT2D eigenvalue weighted by Gasteiger charge is -2.33. The fraction of sp³-hybridized carbons (Fsp3) is 0.480. The van der Waals surface area contributed by atoms with Gasteiger partial charge in [0.05, 0.1) is 5.56 Å². The van der Waals surface area contributed by atoms with Crippen LogP contribution in [0.3, 0.4) is 0 Å². The predicted octanol–water partition coefficient (Wildman–Crippen LogP) is 4.73. The van der Waals surface area contributed by atoms with E-state index < -0.39 is 21.9 Å². The first-order valence-corrected chi connectivity index (χ1v) is 14.4. The van der Waals surface area contributed by atoms with E-state index in [9.17, 15) is 13.2 Å². The second kappa shape index (κ2) is 10.5. The highest BCUT2D eigenvalue weighted by Crippen LogP contribution is 2.43. The van der Waals surface area contributed by atoms with E-state index >= 15 is 4.39 Å². The largest absolute Gasteiger partial charge is 0.489 e. The molecule has 1 saturated carbocycles. The minimum absolute atomic E-state index is 0.0562. The van der Waals surface area contributed by atoms with Crippen LogP contribution in [-0.2, 0) is 16.8 Å². The summed E-state index contributed by atoms with van der Waals surface area (Å²) in [5, 5.41) is 1.02. The summed E-state index contributed by atoms with van der Waals surface area (Å²) in [6.45, 7) is 2.75. The standard InChI is InChI=1S/C25H28Cl2FN3O4S/c26-18-10-19(27)12-21(11-18)35-20-3-1-6-30(15-20)14-17-9-24(28)23(13-22(17)16-4-5-16)25(32)29-36(33,34)31-7-2-8-31/h9-13,16,20H,1-8,14-15H2,(H,29,32). The molecule has 0 bridgehead atoms. The van der Waals surface area contributed by atoms with Gasteiger partial charge in [0.1, 0.15) is 17.7 Å². The molecule has 3 fully saturated rings. The van der Waals surface area contributed by atoms with Gasteiger partial charge in [-0.15, -0.1) is 0 Å². The molecule has 2 aromatic rings. The van der Waals surface area contributed by atoms with E-state index in [-0.39, 0.29) is 17.6 Å². The quantitative estimate of drug-likeness (QED) is 0.509. The summed E-state index contributed by atoms with van der Waals surface area (Å²) < 4.78 is 49.0. The van der Waals surface area contributed by atoms with Gasteiger partial charge in [-0.3, -0.25) is 9.69 Å². The number of nitrogens with one attached hydrogen (secondary N) is 1. The zero-order valence-electron chi connectivity index (χ0n) is 19.7. The van der Waals surface area contributed by atoms with Crippen molar-refractivity contribution in [2.75, 3.05) is 26.2 Å². The van der Waals surface area contributed by atoms with Crippen molar-refractivity contribution < 1.29 is 22.3 Å². The van der Waals surface area contributed by atoms with Gasteiger partial charge in [-0.1, -0.05) is 23.2 Å². The normalized spacial score (nSPS) is 21.1. The number of hydrogen-bond acceptors (Lipinski definition) is 5. The average molecular weight is 556 g/mol. The topological polar surface area (TPSA) is 79.0 Å². The maximum Gasteiger partial charge on any atom is 0.304 e. The Balaban J connectivity index is 1.30. The molecule has 0 aromatic heterocycles. The number of benzene rings is 2. The Kier molecular flexibility index (Phi) is 7.47. The molecular weight excluding hydrogens is 528 g/mol. The van der Waals surface area contributed by atoms with Crippen LogP contribution in [0.15, 0.2) is 30.3 Å². The van der Waals surface area contributed by atoms with E-state index in [0.717, 1.165) is 49.8 Å². The van der Waals surface area contributed by atoms with Gasteiger partial charge in [0.2, 0.25) is 0 Å². The molecular formula is C25H28Cl2FN3O4S. The van der Waals surface area contributed by atoms with Gasteiger partial charge in [-0.2, -0.15) is 12.7 Å². The molecule has 2 aromatic carbocycles. The molecule has 5 rings (SSSR count). The van der Waals surface area contributed by atoms with Gasteiger partial charge in [-0.05, 0) is 86.0 Å². The van der Waals surface area contributed by atoms with Crippen molar-refractivity contribution >= 4 is 39.3 Å². The number of amides is 1. The number of likely N-dealkylation sites (tertiary alicyclic amines) is 1. The molecule has 1 unspecified atom stereocenters. The second-order valence-corrected chi connectivity index (χ2v) is 12.3. The highest BCUT2D eigenvalue weighted by molar-refractivity contribution is 7.87. The third-order valence-corrected chi connectivity index (χ3v) is 8.79. The third kappa shape index (κ3) is 5.97. The fourth-order valence-corrected chi connectivity index (χ4v) is 6.48. The van der Waals surface area contributed by atoms with Crippen molar-refractivity contribution in [1.82, 2.24) is 13.9 Å². The molecule has 1 amide bonds. The van der Waals surface area contributed by atoms with Crippen LogP contribution in [0.4, 0.5) is 4.39 Å². The minimum atomic E-state index is -3.95. The van der Waals surface area contributed by atoms with Crippen LogP contribution in [0.1, 0.15) is 59.5 Å². The Morgan fingerprint density at radius 2 is 1.75 bits per heavy atom. The summed E-state index contributed by atoms with van der Waals surface area (Å²) >= 11 is 12.2. The van der Waals surface area contributed by atoms with Crippen LogP contribution in [0.5, 0.6) is 5.75 Å². The second-order valence-electron chi connectivity index (χ2n) is 9.72. The molecule has 11 heteroatoms. The molecule has 2 aliphatic heterocycles. The minimum Gasteiger partial charge on any atom is -0.489 e. The Morgan fingerprint density at radius 3 is 2.39 bits per heavy atom. The number of piperidine rings is 1. The Labute approximate surface area is 220 Å². The van der Waals surface area contributed by atoms with Gasteiger partial charge in [0.25, 0.3) is 5.91 Å². The molecule has 1 aliphatic carbocycles. The van der Waals surface area contributed by atoms with Crippen molar-refractivity contribution in [3.8, 4) is 5.75 Å². The summed E-state index contributed by atoms with van der Waals surface area (Å²) in [6, 6.07) is 8.05. The number of carbonyl (C=O) groups is 1. The fourth-order valence-electron chi connectivity index (χ4n) is 4.76. The van der Waals surface area contributed by atoms with Crippen molar-refractivity contribution in [1.29, 1.82) is 0 Å². The van der Waals surface area contributed by atoms with E-state index in [4.69, 9.17) is 27.9 Å². The number of carbonyl (C=O) groups excluding carboxylic acids is 1. The van der Waals surface area contributed by atoms with Crippen LogP contribution >= 0.6 is 23.2 Å². The van der Waals surface area contributed by atoms with Crippen molar-refractivity contribution in [2.24, 2.45) is 0 Å². The zero-order chi connectivity index (χ0) is 25.4. The molecule has 194 valence electrons. The first kappa shape index (κ1) is 25.7. The summed E-state index contributed by atoms with van der Waals surface area (Å²) in [7, 11) is -3.95. The van der Waals surface area contributed by atoms with E-state index in [1.165, 1.54) is 16.4 Å². The number of ether oxygens (including phenoxy) is 1. The SMILES string of the molecule is O=C(NS(=O)(=O)N1CCC1)c1cc(C2CC2)c(CN2CCCC(Oc3cc(Cl)cc(Cl)c3)C2)cc1F. The number of nitrogens with zero attached hydrogens (tertiary/aromatic N) is 2. The molecule has 2 heterocycles. The van der Waals surface area contributed by atoms with E-state index in [1.54, 1.807) is 18.2 Å². The predicted molar refractivity (Wildman–Crippen MR) is 136 cm³/mol. The molecule has 0 radical (unpaired) electrons. The van der Waals surface area contributed by atoms with E-state index in [0.29, 0.717) is 42.0 Å². The molecule has 1 N–H and O–H groups in total. The molecule has 1 atom stereocenters. The maximum absolute atomic E-state index is 15.1. The van der Waals surface area contributed by atoms with E-state index in [2.05, 4.69) is 4.90 Å². The van der Waals surface area contributed by atoms with Gasteiger partial charge in [0, 0.05) is 36.2 Å². The van der Waals surface area contributed by atoms with Gasteiger partial charge in [0.15, 0.2) is 0 Å². The summed E-state index contributed by atoms with van der Waals surface area (Å²) in [5.74, 6) is -0.777. The third-order valence-electron chi connectivity index (χ3n) is 6.86. The Hall–Kier alpha value is -1.91. The molecule has 7 nitrogen and oxygen atoms in total. The Bertz CT molecular complexity index is 1250. The van der Waals surface area contributed by atoms with Crippen LogP contribution in [0, 0.1) is 5.82 Å². The van der Waals surface area contributed by atoms with Gasteiger partial charge in [-0.25, -0.2) is 9.11 Å². The molecule has 0 spiro atoms. The Morgan fingerprint density at radius 1 is 1.03 bits per heavy atom. The smallest absolute Gasteiger partial charge is 0.304 e. The first-order chi connectivity index (χ1) is 17.2. The van der Waals surface area contributed by atoms with Crippen LogP contribution in [0.25, 0.3) is 0 Å². The molecule has 2 saturated heterocycles. The average Bonchev–Trinajstić information content (AvgIpc) is 3.56. The summed E-state index contributed by atoms with van der Waals surface area (Å²) in [5.41, 5.74) is 1.50. The van der Waals surface area contributed by atoms with Gasteiger partial charge < -0.3 is 4.74 Å². The number of hydrogen-bond donors (Lipinski definition) is 1. The van der Waals surface area contributed by atoms with Crippen LogP contribution in [-0.4, -0.2) is 55.8 Å². The van der Waals surface area contributed by atoms with Crippen LogP contribution in [0.2, 0.25) is 10.0 Å². The lowest BCUT2D eigenvalue weighted by atomic mass is 9.97. The number of halogens is 3. The van der Waals surface area contributed by atoms with Crippen molar-refractivity contribution in [3.63, 3.8) is 0 Å². The van der Waals surface area contributed by atoms with Crippen LogP contribution < -0.4 is 9.46 Å². The molecule has 36 heavy (non-hydrogen) atoms. The van der Waals surface area contributed by atoms with Gasteiger partial charge >= 0.3 is 10.2 Å². The lowest BCUT2D eigenvalue weighted by molar-refractivity contribution is 0.0841.